The number of nitrogens with zero attached hydrogens (tertiary/aromatic N) is 1. The van der Waals surface area contributed by atoms with Crippen molar-refractivity contribution in [3.05, 3.63) is 98.7 Å². The lowest BCUT2D eigenvalue weighted by molar-refractivity contribution is -0.138. The lowest BCUT2D eigenvalue weighted by Crippen LogP contribution is -2.45. The van der Waals surface area contributed by atoms with E-state index in [1.54, 1.807) is 36.4 Å². The van der Waals surface area contributed by atoms with Gasteiger partial charge < -0.3 is 9.15 Å². The number of aryl methyl sites for hydroxylation is 1. The molecular weight excluding hydrogens is 470 g/mol. The van der Waals surface area contributed by atoms with Gasteiger partial charge in [-0.2, -0.15) is 0 Å². The minimum Gasteiger partial charge on any atom is -0.452 e. The highest BCUT2D eigenvalue weighted by Gasteiger charge is 2.41. The molecule has 0 spiro atoms. The Morgan fingerprint density at radius 1 is 0.943 bits per heavy atom. The summed E-state index contributed by atoms with van der Waals surface area (Å²) in [6, 6.07) is 16.7. The molecule has 0 saturated carbocycles. The Kier molecular flexibility index (Phi) is 5.49. The average molecular weight is 488 g/mol. The first-order chi connectivity index (χ1) is 16.8. The molecule has 0 radical (unpaired) electrons. The Labute approximate surface area is 204 Å². The second-order valence-corrected chi connectivity index (χ2v) is 8.66. The molecule has 7 nitrogen and oxygen atoms in total. The lowest BCUT2D eigenvalue weighted by atomic mass is 10.1. The highest BCUT2D eigenvalue weighted by Crippen LogP contribution is 2.33. The van der Waals surface area contributed by atoms with Gasteiger partial charge >= 0.3 is 5.97 Å². The van der Waals surface area contributed by atoms with E-state index in [0.29, 0.717) is 10.6 Å². The van der Waals surface area contributed by atoms with E-state index in [-0.39, 0.29) is 33.6 Å². The molecule has 8 heteroatoms. The number of ether oxygens (including phenoxy) is 1. The van der Waals surface area contributed by atoms with Gasteiger partial charge in [-0.1, -0.05) is 53.6 Å². The van der Waals surface area contributed by atoms with Gasteiger partial charge in [0.05, 0.1) is 16.5 Å². The zero-order valence-electron chi connectivity index (χ0n) is 18.7. The smallest absolute Gasteiger partial charge is 0.334 e. The molecule has 0 bridgehead atoms. The van der Waals surface area contributed by atoms with Crippen molar-refractivity contribution in [2.24, 2.45) is 0 Å². The van der Waals surface area contributed by atoms with Gasteiger partial charge in [-0.15, -0.1) is 0 Å². The third-order valence-electron chi connectivity index (χ3n) is 5.88. The van der Waals surface area contributed by atoms with Crippen LogP contribution in [0.2, 0.25) is 5.02 Å². The quantitative estimate of drug-likeness (QED) is 0.296. The number of carbonyl (C=O) groups is 3. The summed E-state index contributed by atoms with van der Waals surface area (Å²) in [5, 5.41) is 0.439. The number of imide groups is 1. The predicted molar refractivity (Wildman–Crippen MR) is 130 cm³/mol. The molecule has 0 saturated heterocycles. The van der Waals surface area contributed by atoms with Gasteiger partial charge in [-0.25, -0.2) is 4.79 Å². The van der Waals surface area contributed by atoms with Crippen molar-refractivity contribution in [3.63, 3.8) is 0 Å². The topological polar surface area (TPSA) is 93.9 Å². The summed E-state index contributed by atoms with van der Waals surface area (Å²) in [6.07, 6.45) is 0. The van der Waals surface area contributed by atoms with E-state index in [1.165, 1.54) is 25.1 Å². The second-order valence-electron chi connectivity index (χ2n) is 8.22. The maximum atomic E-state index is 13.4. The molecule has 0 aliphatic carbocycles. The maximum absolute atomic E-state index is 13.4. The zero-order valence-corrected chi connectivity index (χ0v) is 19.5. The number of hydrogen-bond acceptors (Lipinski definition) is 6. The highest BCUT2D eigenvalue weighted by molar-refractivity contribution is 6.31. The number of halogens is 1. The molecule has 2 amide bonds. The Morgan fingerprint density at radius 3 is 2.20 bits per heavy atom. The van der Waals surface area contributed by atoms with E-state index >= 15 is 0 Å². The summed E-state index contributed by atoms with van der Waals surface area (Å²) in [6.45, 7) is 3.28. The molecule has 35 heavy (non-hydrogen) atoms. The minimum atomic E-state index is -1.29. The highest BCUT2D eigenvalue weighted by atomic mass is 35.5. The zero-order chi connectivity index (χ0) is 24.9. The Balaban J connectivity index is 1.57. The summed E-state index contributed by atoms with van der Waals surface area (Å²) in [7, 11) is 0. The molecule has 0 fully saturated rings. The van der Waals surface area contributed by atoms with Crippen LogP contribution in [0.4, 0.5) is 0 Å². The first-order valence-corrected chi connectivity index (χ1v) is 11.2. The number of benzene rings is 3. The molecule has 1 unspecified atom stereocenters. The van der Waals surface area contributed by atoms with E-state index in [0.717, 1.165) is 10.5 Å². The third kappa shape index (κ3) is 3.80. The largest absolute Gasteiger partial charge is 0.452 e. The first-order valence-electron chi connectivity index (χ1n) is 10.8. The van der Waals surface area contributed by atoms with Crippen molar-refractivity contribution in [3.8, 4) is 17.1 Å². The lowest BCUT2D eigenvalue weighted by Gasteiger charge is -2.21. The summed E-state index contributed by atoms with van der Waals surface area (Å²) in [5.41, 5.74) is 1.58. The molecule has 3 aromatic carbocycles. The molecule has 174 valence electrons. The number of rotatable bonds is 4. The third-order valence-corrected chi connectivity index (χ3v) is 6.12. The molecule has 1 aliphatic rings. The average Bonchev–Trinajstić information content (AvgIpc) is 3.11. The number of fused-ring (bicyclic) bond motifs is 2. The second kappa shape index (κ2) is 8.52. The van der Waals surface area contributed by atoms with Gasteiger partial charge in [-0.05, 0) is 44.2 Å². The van der Waals surface area contributed by atoms with E-state index in [9.17, 15) is 19.2 Å². The number of esters is 1. The molecule has 2 heterocycles. The van der Waals surface area contributed by atoms with Gasteiger partial charge in [0.1, 0.15) is 11.6 Å². The summed E-state index contributed by atoms with van der Waals surface area (Å²) in [5.74, 6) is -2.47. The van der Waals surface area contributed by atoms with Crippen LogP contribution in [-0.2, 0) is 4.79 Å². The van der Waals surface area contributed by atoms with E-state index in [4.69, 9.17) is 20.8 Å². The minimum absolute atomic E-state index is 0.0488. The van der Waals surface area contributed by atoms with Crippen LogP contribution in [0.25, 0.3) is 22.3 Å². The first kappa shape index (κ1) is 22.6. The van der Waals surface area contributed by atoms with Gasteiger partial charge in [0, 0.05) is 10.6 Å². The van der Waals surface area contributed by atoms with Gasteiger partial charge in [0.15, 0.2) is 5.76 Å². The van der Waals surface area contributed by atoms with Gasteiger partial charge in [0.25, 0.3) is 11.8 Å². The van der Waals surface area contributed by atoms with Crippen molar-refractivity contribution in [2.45, 2.75) is 19.9 Å². The molecule has 4 aromatic rings. The van der Waals surface area contributed by atoms with E-state index < -0.39 is 29.3 Å². The fourth-order valence-corrected chi connectivity index (χ4v) is 4.16. The monoisotopic (exact) mass is 487 g/mol. The van der Waals surface area contributed by atoms with Crippen LogP contribution in [0.15, 0.2) is 75.9 Å². The summed E-state index contributed by atoms with van der Waals surface area (Å²) in [4.78, 5) is 53.0. The van der Waals surface area contributed by atoms with Crippen molar-refractivity contribution in [1.29, 1.82) is 0 Å². The van der Waals surface area contributed by atoms with Gasteiger partial charge in [-0.3, -0.25) is 19.3 Å². The predicted octanol–water partition coefficient (Wildman–Crippen LogP) is 5.01. The van der Waals surface area contributed by atoms with Crippen molar-refractivity contribution in [2.75, 3.05) is 0 Å². The van der Waals surface area contributed by atoms with Crippen LogP contribution in [0.5, 0.6) is 5.75 Å². The van der Waals surface area contributed by atoms with Crippen molar-refractivity contribution >= 4 is 40.4 Å². The van der Waals surface area contributed by atoms with Crippen LogP contribution in [0.3, 0.4) is 0 Å². The molecule has 1 aromatic heterocycles. The fraction of sp³-hybridized carbons (Fsp3) is 0.111. The fourth-order valence-electron chi connectivity index (χ4n) is 3.99. The van der Waals surface area contributed by atoms with E-state index in [1.807, 2.05) is 19.1 Å². The van der Waals surface area contributed by atoms with Crippen LogP contribution >= 0.6 is 11.6 Å². The standard InChI is InChI=1S/C27H18ClNO6/c1-14-7-9-16(10-8-14)23-24(22(30)20-13-17(28)11-12-21(20)34-23)35-27(33)15(2)29-25(31)18-5-3-4-6-19(18)26(29)32/h3-13,15H,1-2H3. The van der Waals surface area contributed by atoms with Crippen molar-refractivity contribution in [1.82, 2.24) is 4.90 Å². The summed E-state index contributed by atoms with van der Waals surface area (Å²) < 4.78 is 11.5. The SMILES string of the molecule is Cc1ccc(-c2oc3ccc(Cl)cc3c(=O)c2OC(=O)C(C)N2C(=O)c3ccccc3C2=O)cc1. The Bertz CT molecular complexity index is 1550. The molecule has 5 rings (SSSR count). The number of amides is 2. The molecule has 0 N–H and O–H groups in total. The molecule has 1 atom stereocenters. The number of hydrogen-bond donors (Lipinski definition) is 0. The van der Waals surface area contributed by atoms with Crippen LogP contribution in [-0.4, -0.2) is 28.7 Å². The Hall–Kier alpha value is -4.23. The van der Waals surface area contributed by atoms with Crippen molar-refractivity contribution < 1.29 is 23.5 Å². The maximum Gasteiger partial charge on any atom is 0.334 e. The normalized spacial score (nSPS) is 13.7. The van der Waals surface area contributed by atoms with Crippen LogP contribution in [0.1, 0.15) is 33.2 Å². The molecular formula is C27H18ClNO6. The Morgan fingerprint density at radius 2 is 1.57 bits per heavy atom. The number of carbonyl (C=O) groups excluding carboxylic acids is 3. The van der Waals surface area contributed by atoms with Crippen LogP contribution in [0, 0.1) is 6.92 Å². The molecule has 1 aliphatic heterocycles. The van der Waals surface area contributed by atoms with E-state index in [2.05, 4.69) is 0 Å². The summed E-state index contributed by atoms with van der Waals surface area (Å²) >= 11 is 6.07. The van der Waals surface area contributed by atoms with Gasteiger partial charge in [0.2, 0.25) is 11.2 Å². The van der Waals surface area contributed by atoms with Crippen LogP contribution < -0.4 is 10.2 Å².